The number of aromatic nitrogens is 2. The largest absolute Gasteiger partial charge is 0.477 e. The molecule has 0 aliphatic rings. The molecule has 0 fully saturated rings. The van der Waals surface area contributed by atoms with Crippen molar-refractivity contribution in [3.05, 3.63) is 71.6 Å². The van der Waals surface area contributed by atoms with Crippen molar-refractivity contribution in [2.45, 2.75) is 6.92 Å². The van der Waals surface area contributed by atoms with Gasteiger partial charge in [0.2, 0.25) is 5.91 Å². The van der Waals surface area contributed by atoms with E-state index in [0.717, 1.165) is 13.0 Å². The highest BCUT2D eigenvalue weighted by molar-refractivity contribution is 6.03. The first-order chi connectivity index (χ1) is 13.8. The number of nitrogens with one attached hydrogen (secondary N) is 1. The fourth-order valence-electron chi connectivity index (χ4n) is 2.58. The van der Waals surface area contributed by atoms with Crippen molar-refractivity contribution >= 4 is 17.8 Å². The Morgan fingerprint density at radius 2 is 1.38 bits per heavy atom. The Balaban J connectivity index is 2.09. The van der Waals surface area contributed by atoms with Gasteiger partial charge in [0.1, 0.15) is 23.0 Å². The molecule has 0 aliphatic carbocycles. The lowest BCUT2D eigenvalue weighted by Crippen LogP contribution is -2.28. The second kappa shape index (κ2) is 7.93. The summed E-state index contributed by atoms with van der Waals surface area (Å²) in [7, 11) is 0. The van der Waals surface area contributed by atoms with Gasteiger partial charge in [-0.25, -0.2) is 23.5 Å². The summed E-state index contributed by atoms with van der Waals surface area (Å²) in [4.78, 5) is 42.0. The first kappa shape index (κ1) is 19.7. The van der Waals surface area contributed by atoms with Crippen LogP contribution in [0.2, 0.25) is 0 Å². The van der Waals surface area contributed by atoms with Crippen LogP contribution in [-0.2, 0) is 4.79 Å². The van der Waals surface area contributed by atoms with Crippen LogP contribution in [0.15, 0.2) is 48.5 Å². The number of hydrogen-bond acceptors (Lipinski definition) is 5. The van der Waals surface area contributed by atoms with Gasteiger partial charge in [-0.05, 0) is 30.3 Å². The van der Waals surface area contributed by atoms with Gasteiger partial charge in [0, 0.05) is 24.1 Å². The summed E-state index contributed by atoms with van der Waals surface area (Å²) >= 11 is 0. The van der Waals surface area contributed by atoms with Crippen LogP contribution in [0.25, 0.3) is 22.5 Å². The molecule has 3 rings (SSSR count). The van der Waals surface area contributed by atoms with Crippen LogP contribution >= 0.6 is 0 Å². The van der Waals surface area contributed by atoms with Crippen LogP contribution < -0.4 is 5.32 Å². The van der Waals surface area contributed by atoms with Crippen molar-refractivity contribution in [3.63, 3.8) is 0 Å². The van der Waals surface area contributed by atoms with Crippen LogP contribution in [0.1, 0.15) is 27.9 Å². The van der Waals surface area contributed by atoms with Crippen LogP contribution in [0, 0.1) is 11.6 Å². The Kier molecular flexibility index (Phi) is 5.40. The number of carbonyl (C=O) groups excluding carboxylic acids is 2. The summed E-state index contributed by atoms with van der Waals surface area (Å²) in [5.41, 5.74) is -0.669. The maximum Gasteiger partial charge on any atom is 0.354 e. The number of nitrogens with zero attached hydrogens (tertiary/aromatic N) is 2. The van der Waals surface area contributed by atoms with E-state index in [-0.39, 0.29) is 33.9 Å². The third kappa shape index (κ3) is 4.29. The number of carboxylic acid groups (broad SMARTS) is 1. The van der Waals surface area contributed by atoms with Crippen LogP contribution in [-0.4, -0.2) is 32.9 Å². The zero-order chi connectivity index (χ0) is 21.1. The van der Waals surface area contributed by atoms with E-state index >= 15 is 0 Å². The van der Waals surface area contributed by atoms with E-state index in [0.29, 0.717) is 6.07 Å². The molecule has 0 radical (unpaired) electrons. The predicted octanol–water partition coefficient (Wildman–Crippen LogP) is 3.06. The quantitative estimate of drug-likeness (QED) is 0.700. The Labute approximate surface area is 163 Å². The van der Waals surface area contributed by atoms with E-state index in [1.807, 2.05) is 0 Å². The van der Waals surface area contributed by atoms with Crippen molar-refractivity contribution in [2.24, 2.45) is 0 Å². The number of pyridine rings is 2. The fraction of sp³-hybridized carbons (Fsp3) is 0.0500. The molecule has 0 saturated carbocycles. The molecule has 0 saturated heterocycles. The van der Waals surface area contributed by atoms with Gasteiger partial charge in [-0.2, -0.15) is 0 Å². The highest BCUT2D eigenvalue weighted by atomic mass is 19.1. The minimum Gasteiger partial charge on any atom is -0.477 e. The van der Waals surface area contributed by atoms with Gasteiger partial charge in [-0.1, -0.05) is 12.1 Å². The third-order valence-electron chi connectivity index (χ3n) is 3.85. The van der Waals surface area contributed by atoms with E-state index in [4.69, 9.17) is 5.11 Å². The fourth-order valence-corrected chi connectivity index (χ4v) is 2.58. The Morgan fingerprint density at radius 3 is 1.90 bits per heavy atom. The van der Waals surface area contributed by atoms with Gasteiger partial charge in [0.05, 0.1) is 11.4 Å². The van der Waals surface area contributed by atoms with E-state index in [1.54, 1.807) is 0 Å². The monoisotopic (exact) mass is 397 g/mol. The Morgan fingerprint density at radius 1 is 0.862 bits per heavy atom. The van der Waals surface area contributed by atoms with Gasteiger partial charge in [-0.15, -0.1) is 0 Å². The summed E-state index contributed by atoms with van der Waals surface area (Å²) in [6.45, 7) is 1.16. The second-order valence-corrected chi connectivity index (χ2v) is 5.94. The number of hydrogen-bond donors (Lipinski definition) is 2. The number of imide groups is 1. The molecule has 0 spiro atoms. The molecule has 0 aliphatic heterocycles. The molecule has 0 unspecified atom stereocenters. The zero-order valence-corrected chi connectivity index (χ0v) is 14.9. The zero-order valence-electron chi connectivity index (χ0n) is 14.9. The third-order valence-corrected chi connectivity index (χ3v) is 3.85. The molecule has 0 atom stereocenters. The second-order valence-electron chi connectivity index (χ2n) is 5.94. The average Bonchev–Trinajstić information content (AvgIpc) is 2.67. The van der Waals surface area contributed by atoms with Gasteiger partial charge >= 0.3 is 5.97 Å². The predicted molar refractivity (Wildman–Crippen MR) is 97.9 cm³/mol. The molecule has 146 valence electrons. The number of aromatic carboxylic acids is 1. The average molecular weight is 397 g/mol. The number of rotatable bonds is 4. The number of carboxylic acids is 1. The molecule has 9 heteroatoms. The molecule has 3 aromatic rings. The molecular formula is C20H13F2N3O4. The Bertz CT molecular complexity index is 1150. The van der Waals surface area contributed by atoms with E-state index in [9.17, 15) is 23.2 Å². The van der Waals surface area contributed by atoms with Crippen molar-refractivity contribution < 1.29 is 28.3 Å². The summed E-state index contributed by atoms with van der Waals surface area (Å²) in [5, 5.41) is 11.1. The molecule has 1 aromatic carbocycles. The maximum atomic E-state index is 14.4. The molecular weight excluding hydrogens is 384 g/mol. The van der Waals surface area contributed by atoms with Gasteiger partial charge < -0.3 is 5.11 Å². The van der Waals surface area contributed by atoms with Crippen molar-refractivity contribution in [1.82, 2.24) is 15.3 Å². The van der Waals surface area contributed by atoms with Gasteiger partial charge in [0.25, 0.3) is 5.91 Å². The van der Waals surface area contributed by atoms with E-state index in [1.165, 1.54) is 36.4 Å². The maximum absolute atomic E-state index is 14.4. The van der Waals surface area contributed by atoms with E-state index in [2.05, 4.69) is 15.3 Å². The lowest BCUT2D eigenvalue weighted by molar-refractivity contribution is -0.118. The lowest BCUT2D eigenvalue weighted by Gasteiger charge is -2.10. The van der Waals surface area contributed by atoms with Crippen LogP contribution in [0.4, 0.5) is 8.78 Å². The van der Waals surface area contributed by atoms with Crippen molar-refractivity contribution in [3.8, 4) is 22.5 Å². The summed E-state index contributed by atoms with van der Waals surface area (Å²) in [5.74, 6) is -4.51. The minimum absolute atomic E-state index is 0.00544. The van der Waals surface area contributed by atoms with Crippen molar-refractivity contribution in [2.75, 3.05) is 0 Å². The van der Waals surface area contributed by atoms with E-state index < -0.39 is 29.4 Å². The smallest absolute Gasteiger partial charge is 0.354 e. The lowest BCUT2D eigenvalue weighted by atomic mass is 10.0. The normalized spacial score (nSPS) is 10.4. The number of amides is 2. The summed E-state index contributed by atoms with van der Waals surface area (Å²) < 4.78 is 28.8. The van der Waals surface area contributed by atoms with Crippen LogP contribution in [0.3, 0.4) is 0 Å². The number of halogens is 2. The molecule has 2 amide bonds. The first-order valence-corrected chi connectivity index (χ1v) is 8.25. The Hall–Kier alpha value is -4.01. The van der Waals surface area contributed by atoms with Crippen molar-refractivity contribution in [1.29, 1.82) is 0 Å². The molecule has 2 aromatic heterocycles. The van der Waals surface area contributed by atoms with Gasteiger partial charge in [-0.3, -0.25) is 14.9 Å². The van der Waals surface area contributed by atoms with Crippen LogP contribution in [0.5, 0.6) is 0 Å². The summed E-state index contributed by atoms with van der Waals surface area (Å²) in [6.07, 6.45) is 0. The topological polar surface area (TPSA) is 109 Å². The molecule has 2 heterocycles. The molecule has 7 nitrogen and oxygen atoms in total. The molecule has 0 bridgehead atoms. The highest BCUT2D eigenvalue weighted by Crippen LogP contribution is 2.30. The SMILES string of the molecule is CC(=O)NC(=O)c1cccc(-c2cc(-c3cccc(C(=O)O)n3)c(F)cc2F)n1. The molecule has 29 heavy (non-hydrogen) atoms. The van der Waals surface area contributed by atoms with Gasteiger partial charge in [0.15, 0.2) is 0 Å². The molecule has 2 N–H and O–H groups in total. The highest BCUT2D eigenvalue weighted by Gasteiger charge is 2.17. The first-order valence-electron chi connectivity index (χ1n) is 8.25. The summed E-state index contributed by atoms with van der Waals surface area (Å²) in [6, 6.07) is 9.96. The number of carbonyl (C=O) groups is 3. The number of benzene rings is 1. The minimum atomic E-state index is -1.29. The standard InChI is InChI=1S/C20H13F2N3O4/c1-10(26)23-19(27)17-6-2-4-15(24-17)11-8-12(14(22)9-13(11)21)16-5-3-7-18(25-16)20(28)29/h2-9H,1H3,(H,28,29)(H,23,26,27).